The van der Waals surface area contributed by atoms with E-state index in [0.717, 1.165) is 0 Å². The van der Waals surface area contributed by atoms with Gasteiger partial charge < -0.3 is 10.1 Å². The highest BCUT2D eigenvalue weighted by Gasteiger charge is 2.24. The van der Waals surface area contributed by atoms with E-state index >= 15 is 0 Å². The van der Waals surface area contributed by atoms with Crippen LogP contribution in [0.25, 0.3) is 0 Å². The topological polar surface area (TPSA) is 21.3 Å². The first-order valence-corrected chi connectivity index (χ1v) is 7.28. The first-order valence-electron chi connectivity index (χ1n) is 7.28. The van der Waals surface area contributed by atoms with E-state index in [9.17, 15) is 0 Å². The number of anilines is 1. The lowest BCUT2D eigenvalue weighted by molar-refractivity contribution is 0.0606. The van der Waals surface area contributed by atoms with Crippen molar-refractivity contribution in [3.8, 4) is 0 Å². The Labute approximate surface area is 110 Å². The first kappa shape index (κ1) is 12.0. The highest BCUT2D eigenvalue weighted by molar-refractivity contribution is 5.50. The second-order valence-corrected chi connectivity index (χ2v) is 5.65. The number of aryl methyl sites for hydroxylation is 2. The van der Waals surface area contributed by atoms with Gasteiger partial charge >= 0.3 is 0 Å². The molecule has 0 aromatic heterocycles. The lowest BCUT2D eigenvalue weighted by atomic mass is 9.92. The fourth-order valence-electron chi connectivity index (χ4n) is 3.42. The Bertz CT molecular complexity index is 416. The van der Waals surface area contributed by atoms with Crippen LogP contribution in [0.1, 0.15) is 43.2 Å². The summed E-state index contributed by atoms with van der Waals surface area (Å²) >= 11 is 0. The van der Waals surface area contributed by atoms with Crippen LogP contribution in [0.15, 0.2) is 18.2 Å². The Balaban J connectivity index is 1.71. The standard InChI is InChI=1S/C16H23NO/c1-18-16-8-3-2-7-15(16)17-14-10-9-12-5-4-6-13(12)11-14/h9-11,15-17H,2-8H2,1H3/t15-,16+/m1/s1. The molecule has 1 aromatic carbocycles. The summed E-state index contributed by atoms with van der Waals surface area (Å²) in [5.41, 5.74) is 4.38. The molecule has 98 valence electrons. The van der Waals surface area contributed by atoms with Crippen LogP contribution in [0, 0.1) is 0 Å². The highest BCUT2D eigenvalue weighted by Crippen LogP contribution is 2.28. The first-order chi connectivity index (χ1) is 8.86. The van der Waals surface area contributed by atoms with Crippen molar-refractivity contribution in [2.45, 2.75) is 57.1 Å². The lowest BCUT2D eigenvalue weighted by Gasteiger charge is -2.32. The van der Waals surface area contributed by atoms with E-state index < -0.39 is 0 Å². The Morgan fingerprint density at radius 2 is 1.89 bits per heavy atom. The Morgan fingerprint density at radius 1 is 1.06 bits per heavy atom. The fourth-order valence-corrected chi connectivity index (χ4v) is 3.42. The minimum atomic E-state index is 0.381. The molecule has 1 fully saturated rings. The van der Waals surface area contributed by atoms with Gasteiger partial charge in [0.25, 0.3) is 0 Å². The molecule has 0 heterocycles. The van der Waals surface area contributed by atoms with Gasteiger partial charge in [-0.1, -0.05) is 18.9 Å². The third kappa shape index (κ3) is 2.39. The Morgan fingerprint density at radius 3 is 2.78 bits per heavy atom. The molecule has 2 nitrogen and oxygen atoms in total. The number of rotatable bonds is 3. The summed E-state index contributed by atoms with van der Waals surface area (Å²) in [7, 11) is 1.84. The van der Waals surface area contributed by atoms with Gasteiger partial charge in [0.15, 0.2) is 0 Å². The summed E-state index contributed by atoms with van der Waals surface area (Å²) in [5.74, 6) is 0. The molecule has 0 bridgehead atoms. The molecule has 0 amide bonds. The second kappa shape index (κ2) is 5.31. The van der Waals surface area contributed by atoms with E-state index in [2.05, 4.69) is 23.5 Å². The molecule has 0 radical (unpaired) electrons. The molecule has 2 heteroatoms. The van der Waals surface area contributed by atoms with Crippen molar-refractivity contribution < 1.29 is 4.74 Å². The van der Waals surface area contributed by atoms with Gasteiger partial charge in [-0.25, -0.2) is 0 Å². The van der Waals surface area contributed by atoms with Crippen molar-refractivity contribution >= 4 is 5.69 Å². The largest absolute Gasteiger partial charge is 0.380 e. The number of fused-ring (bicyclic) bond motifs is 1. The second-order valence-electron chi connectivity index (χ2n) is 5.65. The van der Waals surface area contributed by atoms with E-state index in [4.69, 9.17) is 4.74 Å². The van der Waals surface area contributed by atoms with Crippen LogP contribution in [-0.2, 0) is 17.6 Å². The van der Waals surface area contributed by atoms with Crippen LogP contribution >= 0.6 is 0 Å². The van der Waals surface area contributed by atoms with Gasteiger partial charge in [-0.15, -0.1) is 0 Å². The summed E-state index contributed by atoms with van der Waals surface area (Å²) in [6.45, 7) is 0. The Kier molecular flexibility index (Phi) is 3.55. The summed E-state index contributed by atoms with van der Waals surface area (Å²) < 4.78 is 5.61. The van der Waals surface area contributed by atoms with Gasteiger partial charge in [-0.3, -0.25) is 0 Å². The molecule has 18 heavy (non-hydrogen) atoms. The fraction of sp³-hybridized carbons (Fsp3) is 0.625. The number of benzene rings is 1. The van der Waals surface area contributed by atoms with Crippen LogP contribution < -0.4 is 5.32 Å². The monoisotopic (exact) mass is 245 g/mol. The normalized spacial score (nSPS) is 26.9. The molecule has 1 N–H and O–H groups in total. The number of ether oxygens (including phenoxy) is 1. The average Bonchev–Trinajstić information content (AvgIpc) is 2.87. The summed E-state index contributed by atoms with van der Waals surface area (Å²) in [6, 6.07) is 7.38. The highest BCUT2D eigenvalue weighted by atomic mass is 16.5. The van der Waals surface area contributed by atoms with Gasteiger partial charge in [0.05, 0.1) is 12.1 Å². The lowest BCUT2D eigenvalue weighted by Crippen LogP contribution is -2.37. The predicted molar refractivity (Wildman–Crippen MR) is 75.1 cm³/mol. The molecule has 3 rings (SSSR count). The molecule has 2 atom stereocenters. The smallest absolute Gasteiger partial charge is 0.0772 e. The molecular weight excluding hydrogens is 222 g/mol. The van der Waals surface area contributed by atoms with Crippen LogP contribution in [0.4, 0.5) is 5.69 Å². The molecule has 1 saturated carbocycles. The third-order valence-electron chi connectivity index (χ3n) is 4.46. The van der Waals surface area contributed by atoms with Crippen molar-refractivity contribution in [2.24, 2.45) is 0 Å². The van der Waals surface area contributed by atoms with Crippen LogP contribution in [0.3, 0.4) is 0 Å². The minimum Gasteiger partial charge on any atom is -0.380 e. The number of methoxy groups -OCH3 is 1. The van der Waals surface area contributed by atoms with E-state index in [-0.39, 0.29) is 0 Å². The minimum absolute atomic E-state index is 0.381. The molecular formula is C16H23NO. The van der Waals surface area contributed by atoms with Gasteiger partial charge in [0, 0.05) is 12.8 Å². The molecule has 2 aliphatic carbocycles. The summed E-state index contributed by atoms with van der Waals surface area (Å²) in [4.78, 5) is 0. The van der Waals surface area contributed by atoms with Crippen LogP contribution in [0.5, 0.6) is 0 Å². The third-order valence-corrected chi connectivity index (χ3v) is 4.46. The molecule has 0 saturated heterocycles. The summed E-state index contributed by atoms with van der Waals surface area (Å²) in [5, 5.41) is 3.69. The number of hydrogen-bond acceptors (Lipinski definition) is 2. The predicted octanol–water partition coefficient (Wildman–Crippen LogP) is 3.54. The number of hydrogen-bond donors (Lipinski definition) is 1. The van der Waals surface area contributed by atoms with Crippen molar-refractivity contribution in [3.63, 3.8) is 0 Å². The molecule has 0 aliphatic heterocycles. The average molecular weight is 245 g/mol. The van der Waals surface area contributed by atoms with E-state index in [1.807, 2.05) is 7.11 Å². The van der Waals surface area contributed by atoms with Gasteiger partial charge in [0.1, 0.15) is 0 Å². The maximum atomic E-state index is 5.61. The molecule has 1 aromatic rings. The zero-order valence-electron chi connectivity index (χ0n) is 11.2. The van der Waals surface area contributed by atoms with Crippen molar-refractivity contribution in [1.82, 2.24) is 0 Å². The maximum Gasteiger partial charge on any atom is 0.0772 e. The van der Waals surface area contributed by atoms with Crippen molar-refractivity contribution in [1.29, 1.82) is 0 Å². The SMILES string of the molecule is CO[C@H]1CCCC[C@H]1Nc1ccc2c(c1)CCC2. The zero-order valence-corrected chi connectivity index (χ0v) is 11.2. The zero-order chi connectivity index (χ0) is 12.4. The Hall–Kier alpha value is -1.02. The van der Waals surface area contributed by atoms with Crippen LogP contribution in [-0.4, -0.2) is 19.3 Å². The molecule has 0 unspecified atom stereocenters. The van der Waals surface area contributed by atoms with E-state index in [0.29, 0.717) is 12.1 Å². The molecule has 0 spiro atoms. The quantitative estimate of drug-likeness (QED) is 0.879. The van der Waals surface area contributed by atoms with Crippen LogP contribution in [0.2, 0.25) is 0 Å². The van der Waals surface area contributed by atoms with E-state index in [1.165, 1.54) is 50.6 Å². The van der Waals surface area contributed by atoms with Gasteiger partial charge in [-0.2, -0.15) is 0 Å². The van der Waals surface area contributed by atoms with Crippen molar-refractivity contribution in [3.05, 3.63) is 29.3 Å². The number of nitrogens with one attached hydrogen (secondary N) is 1. The van der Waals surface area contributed by atoms with Gasteiger partial charge in [-0.05, 0) is 55.4 Å². The van der Waals surface area contributed by atoms with Gasteiger partial charge in [0.2, 0.25) is 0 Å². The summed E-state index contributed by atoms with van der Waals surface area (Å²) in [6.07, 6.45) is 9.27. The van der Waals surface area contributed by atoms with E-state index in [1.54, 1.807) is 11.1 Å². The molecule has 2 aliphatic rings. The van der Waals surface area contributed by atoms with Crippen molar-refractivity contribution in [2.75, 3.05) is 12.4 Å². The maximum absolute atomic E-state index is 5.61.